The van der Waals surface area contributed by atoms with Crippen molar-refractivity contribution in [1.82, 2.24) is 29.4 Å². The average molecular weight is 332 g/mol. The molecule has 2 aromatic rings. The van der Waals surface area contributed by atoms with Gasteiger partial charge in [0.15, 0.2) is 0 Å². The molecule has 2 aromatic heterocycles. The number of aliphatic hydroxyl groups excluding tert-OH is 1. The van der Waals surface area contributed by atoms with Gasteiger partial charge in [0.25, 0.3) is 0 Å². The number of aliphatic hydroxyl groups is 1. The Balaban J connectivity index is 1.56. The standard InChI is InChI=1S/C16H24N6O2/c1-20-12-17-18-15(20)4-5-16(24)21-7-2-3-13(11-21)14-6-8-22(19-14)9-10-23/h6,8,12-13,23H,2-5,7,9-11H2,1H3/t13-/m0/s1. The van der Waals surface area contributed by atoms with Crippen molar-refractivity contribution in [2.24, 2.45) is 7.05 Å². The zero-order valence-corrected chi connectivity index (χ0v) is 14.0. The summed E-state index contributed by atoms with van der Waals surface area (Å²) in [5.74, 6) is 1.27. The summed E-state index contributed by atoms with van der Waals surface area (Å²) in [6.07, 6.45) is 6.65. The van der Waals surface area contributed by atoms with Crippen LogP contribution in [0, 0.1) is 0 Å². The van der Waals surface area contributed by atoms with Gasteiger partial charge in [0.05, 0.1) is 18.8 Å². The molecule has 24 heavy (non-hydrogen) atoms. The van der Waals surface area contributed by atoms with E-state index >= 15 is 0 Å². The highest BCUT2D eigenvalue weighted by Gasteiger charge is 2.26. The molecule has 0 aliphatic carbocycles. The summed E-state index contributed by atoms with van der Waals surface area (Å²) in [7, 11) is 1.89. The normalized spacial score (nSPS) is 18.1. The average Bonchev–Trinajstić information content (AvgIpc) is 3.22. The lowest BCUT2D eigenvalue weighted by molar-refractivity contribution is -0.132. The van der Waals surface area contributed by atoms with Crippen molar-refractivity contribution in [2.45, 2.75) is 38.1 Å². The third-order valence-electron chi connectivity index (χ3n) is 4.55. The number of carbonyl (C=O) groups excluding carboxylic acids is 1. The number of likely N-dealkylation sites (tertiary alicyclic amines) is 1. The monoisotopic (exact) mass is 332 g/mol. The first kappa shape index (κ1) is 16.6. The molecule has 0 unspecified atom stereocenters. The summed E-state index contributed by atoms with van der Waals surface area (Å²) < 4.78 is 3.60. The van der Waals surface area contributed by atoms with Crippen molar-refractivity contribution >= 4 is 5.91 Å². The topological polar surface area (TPSA) is 89.1 Å². The van der Waals surface area contributed by atoms with Crippen LogP contribution in [0.5, 0.6) is 0 Å². The van der Waals surface area contributed by atoms with Gasteiger partial charge in [-0.15, -0.1) is 10.2 Å². The van der Waals surface area contributed by atoms with Crippen LogP contribution in [0.25, 0.3) is 0 Å². The van der Waals surface area contributed by atoms with E-state index in [1.807, 2.05) is 28.8 Å². The van der Waals surface area contributed by atoms with E-state index in [0.29, 0.717) is 25.9 Å². The highest BCUT2D eigenvalue weighted by atomic mass is 16.3. The quantitative estimate of drug-likeness (QED) is 0.824. The van der Waals surface area contributed by atoms with Gasteiger partial charge in [-0.05, 0) is 18.9 Å². The Morgan fingerprint density at radius 2 is 2.33 bits per heavy atom. The number of rotatable bonds is 6. The van der Waals surface area contributed by atoms with Crippen molar-refractivity contribution in [3.8, 4) is 0 Å². The third-order valence-corrected chi connectivity index (χ3v) is 4.55. The predicted molar refractivity (Wildman–Crippen MR) is 87.2 cm³/mol. The number of nitrogens with zero attached hydrogens (tertiary/aromatic N) is 6. The molecule has 3 rings (SSSR count). The molecule has 1 atom stereocenters. The fraction of sp³-hybridized carbons (Fsp3) is 0.625. The number of aryl methyl sites for hydroxylation is 2. The molecule has 1 fully saturated rings. The minimum absolute atomic E-state index is 0.0818. The van der Waals surface area contributed by atoms with Crippen LogP contribution in [0.3, 0.4) is 0 Å². The van der Waals surface area contributed by atoms with E-state index in [4.69, 9.17) is 5.11 Å². The van der Waals surface area contributed by atoms with Crippen LogP contribution in [0.2, 0.25) is 0 Å². The first-order chi connectivity index (χ1) is 11.7. The Kier molecular flexibility index (Phi) is 5.24. The summed E-state index contributed by atoms with van der Waals surface area (Å²) in [6, 6.07) is 1.99. The number of piperidine rings is 1. The van der Waals surface area contributed by atoms with Crippen molar-refractivity contribution < 1.29 is 9.90 Å². The number of carbonyl (C=O) groups is 1. The minimum atomic E-state index is 0.0818. The lowest BCUT2D eigenvalue weighted by Crippen LogP contribution is -2.39. The van der Waals surface area contributed by atoms with Crippen LogP contribution < -0.4 is 0 Å². The van der Waals surface area contributed by atoms with E-state index in [1.54, 1.807) is 11.0 Å². The number of amides is 1. The molecular weight excluding hydrogens is 308 g/mol. The fourth-order valence-corrected chi connectivity index (χ4v) is 3.18. The molecule has 1 saturated heterocycles. The van der Waals surface area contributed by atoms with Gasteiger partial charge in [0.2, 0.25) is 5.91 Å². The lowest BCUT2D eigenvalue weighted by atomic mass is 9.94. The maximum atomic E-state index is 12.5. The van der Waals surface area contributed by atoms with Crippen LogP contribution in [0.15, 0.2) is 18.6 Å². The van der Waals surface area contributed by atoms with E-state index < -0.39 is 0 Å². The van der Waals surface area contributed by atoms with Gasteiger partial charge in [-0.1, -0.05) is 0 Å². The van der Waals surface area contributed by atoms with E-state index in [-0.39, 0.29) is 18.4 Å². The molecule has 8 nitrogen and oxygen atoms in total. The summed E-state index contributed by atoms with van der Waals surface area (Å²) in [5.41, 5.74) is 1.01. The third kappa shape index (κ3) is 3.81. The summed E-state index contributed by atoms with van der Waals surface area (Å²) in [6.45, 7) is 2.12. The second-order valence-corrected chi connectivity index (χ2v) is 6.26. The smallest absolute Gasteiger partial charge is 0.223 e. The van der Waals surface area contributed by atoms with Crippen LogP contribution in [-0.2, 0) is 24.8 Å². The number of aromatic nitrogens is 5. The Bertz CT molecular complexity index is 680. The van der Waals surface area contributed by atoms with Crippen molar-refractivity contribution in [1.29, 1.82) is 0 Å². The molecule has 8 heteroatoms. The molecule has 3 heterocycles. The van der Waals surface area contributed by atoms with Gasteiger partial charge in [0, 0.05) is 45.1 Å². The Hall–Kier alpha value is -2.22. The minimum Gasteiger partial charge on any atom is -0.394 e. The summed E-state index contributed by atoms with van der Waals surface area (Å²) >= 11 is 0. The second kappa shape index (κ2) is 7.57. The fourth-order valence-electron chi connectivity index (χ4n) is 3.18. The molecule has 1 aliphatic rings. The lowest BCUT2D eigenvalue weighted by Gasteiger charge is -2.32. The molecule has 0 bridgehead atoms. The second-order valence-electron chi connectivity index (χ2n) is 6.26. The van der Waals surface area contributed by atoms with Crippen LogP contribution in [0.4, 0.5) is 0 Å². The van der Waals surface area contributed by atoms with Crippen LogP contribution in [0.1, 0.15) is 36.7 Å². The van der Waals surface area contributed by atoms with E-state index in [2.05, 4.69) is 15.3 Å². The Morgan fingerprint density at radius 3 is 3.08 bits per heavy atom. The highest BCUT2D eigenvalue weighted by Crippen LogP contribution is 2.26. The van der Waals surface area contributed by atoms with Gasteiger partial charge in [0.1, 0.15) is 12.2 Å². The van der Waals surface area contributed by atoms with Crippen molar-refractivity contribution in [2.75, 3.05) is 19.7 Å². The SMILES string of the molecule is Cn1cnnc1CCC(=O)N1CCC[C@H](c2ccn(CCO)n2)C1. The zero-order valence-electron chi connectivity index (χ0n) is 14.0. The van der Waals surface area contributed by atoms with E-state index in [1.165, 1.54) is 0 Å². The van der Waals surface area contributed by atoms with Crippen molar-refractivity contribution in [3.05, 3.63) is 30.1 Å². The van der Waals surface area contributed by atoms with Gasteiger partial charge in [-0.25, -0.2) is 0 Å². The molecule has 1 N–H and O–H groups in total. The largest absolute Gasteiger partial charge is 0.394 e. The van der Waals surface area contributed by atoms with Crippen molar-refractivity contribution in [3.63, 3.8) is 0 Å². The van der Waals surface area contributed by atoms with Crippen LogP contribution in [-0.4, -0.2) is 60.2 Å². The predicted octanol–water partition coefficient (Wildman–Crippen LogP) is 0.343. The maximum absolute atomic E-state index is 12.5. The number of hydrogen-bond donors (Lipinski definition) is 1. The molecule has 0 aromatic carbocycles. The molecule has 1 amide bonds. The molecular formula is C16H24N6O2. The van der Waals surface area contributed by atoms with E-state index in [0.717, 1.165) is 30.9 Å². The first-order valence-electron chi connectivity index (χ1n) is 8.42. The van der Waals surface area contributed by atoms with Gasteiger partial charge in [-0.2, -0.15) is 5.10 Å². The Labute approximate surface area is 141 Å². The maximum Gasteiger partial charge on any atom is 0.223 e. The first-order valence-corrected chi connectivity index (χ1v) is 8.42. The van der Waals surface area contributed by atoms with Gasteiger partial charge < -0.3 is 14.6 Å². The summed E-state index contributed by atoms with van der Waals surface area (Å²) in [5, 5.41) is 21.4. The molecule has 0 radical (unpaired) electrons. The Morgan fingerprint density at radius 1 is 1.46 bits per heavy atom. The molecule has 0 saturated carbocycles. The number of hydrogen-bond acceptors (Lipinski definition) is 5. The van der Waals surface area contributed by atoms with Gasteiger partial charge in [-0.3, -0.25) is 9.48 Å². The highest BCUT2D eigenvalue weighted by molar-refractivity contribution is 5.76. The summed E-state index contributed by atoms with van der Waals surface area (Å²) in [4.78, 5) is 14.4. The zero-order chi connectivity index (χ0) is 16.9. The molecule has 130 valence electrons. The van der Waals surface area contributed by atoms with Crippen LogP contribution >= 0.6 is 0 Å². The van der Waals surface area contributed by atoms with Gasteiger partial charge >= 0.3 is 0 Å². The molecule has 0 spiro atoms. The molecule has 1 aliphatic heterocycles. The van der Waals surface area contributed by atoms with E-state index in [9.17, 15) is 4.79 Å².